The van der Waals surface area contributed by atoms with Gasteiger partial charge in [-0.25, -0.2) is 4.98 Å². The van der Waals surface area contributed by atoms with Gasteiger partial charge in [-0.15, -0.1) is 0 Å². The number of ketones is 1. The van der Waals surface area contributed by atoms with Crippen molar-refractivity contribution in [2.24, 2.45) is 17.8 Å². The van der Waals surface area contributed by atoms with Gasteiger partial charge in [-0.2, -0.15) is 0 Å². The minimum Gasteiger partial charge on any atom is -0.508 e. The van der Waals surface area contributed by atoms with Crippen LogP contribution in [0, 0.1) is 17.8 Å². The molecule has 0 bridgehead atoms. The van der Waals surface area contributed by atoms with E-state index in [0.29, 0.717) is 55.3 Å². The van der Waals surface area contributed by atoms with Gasteiger partial charge in [-0.3, -0.25) is 4.79 Å². The number of nitrogens with zero attached hydrogens (tertiary/aromatic N) is 1. The van der Waals surface area contributed by atoms with Crippen LogP contribution in [0.3, 0.4) is 0 Å². The zero-order valence-electron chi connectivity index (χ0n) is 36.1. The molecule has 6 aromatic rings. The molecule has 4 aromatic carbocycles. The number of methoxy groups -OCH3 is 1. The molecule has 7 rings (SSSR count). The van der Waals surface area contributed by atoms with Crippen LogP contribution >= 0.6 is 0 Å². The van der Waals surface area contributed by atoms with Crippen molar-refractivity contribution in [2.75, 3.05) is 19.0 Å². The number of carbonyl (C=O) groups excluding carboxylic acids is 1. The van der Waals surface area contributed by atoms with Crippen LogP contribution in [0.2, 0.25) is 0 Å². The number of anilines is 2. The predicted octanol–water partition coefficient (Wildman–Crippen LogP) is 9.02. The minimum atomic E-state index is -1.18. The number of nitrogens with one attached hydrogen (secondary N) is 2. The highest BCUT2D eigenvalue weighted by molar-refractivity contribution is 5.87. The predicted molar refractivity (Wildman–Crippen MR) is 243 cm³/mol. The lowest BCUT2D eigenvalue weighted by Gasteiger charge is -2.45. The second kappa shape index (κ2) is 19.9. The van der Waals surface area contributed by atoms with Crippen molar-refractivity contribution in [3.05, 3.63) is 126 Å². The SMILES string of the molecule is COc1cc(CCC(O)C(C(=O)CCc2cc(O)c(O)c(OCCCC(C)C)c2)C2(c3ccnc(Nc4ccc5cc(O)ccc5c4)c3)CCC(O)C2Cc2ccc[nH]2)ccc1O. The number of hydrogen-bond acceptors (Lipinski definition) is 11. The molecular weight excluding hydrogens is 799 g/mol. The summed E-state index contributed by atoms with van der Waals surface area (Å²) in [4.78, 5) is 23.2. The first kappa shape index (κ1) is 44.8. The normalized spacial score (nSPS) is 18.4. The molecular formula is C51H59N3O9. The number of Topliss-reactive ketones (excluding diaryl/α,β-unsaturated/α-hetero) is 1. The summed E-state index contributed by atoms with van der Waals surface area (Å²) in [5.74, 6) is -0.795. The highest BCUT2D eigenvalue weighted by atomic mass is 16.5. The van der Waals surface area contributed by atoms with E-state index in [1.807, 2.05) is 54.7 Å². The molecule has 12 nitrogen and oxygen atoms in total. The van der Waals surface area contributed by atoms with Gasteiger partial charge in [0.1, 0.15) is 17.4 Å². The van der Waals surface area contributed by atoms with Crippen molar-refractivity contribution in [1.82, 2.24) is 9.97 Å². The van der Waals surface area contributed by atoms with Gasteiger partial charge in [0.2, 0.25) is 5.75 Å². The van der Waals surface area contributed by atoms with E-state index in [4.69, 9.17) is 9.47 Å². The van der Waals surface area contributed by atoms with Crippen LogP contribution in [0.15, 0.2) is 103 Å². The maximum Gasteiger partial charge on any atom is 0.200 e. The second-order valence-electron chi connectivity index (χ2n) is 17.4. The van der Waals surface area contributed by atoms with Gasteiger partial charge in [0.15, 0.2) is 23.0 Å². The van der Waals surface area contributed by atoms with Crippen LogP contribution in [0.5, 0.6) is 34.5 Å². The van der Waals surface area contributed by atoms with E-state index in [-0.39, 0.29) is 53.8 Å². The van der Waals surface area contributed by atoms with Crippen LogP contribution in [0.1, 0.15) is 74.8 Å². The number of aliphatic hydroxyl groups is 2. The fraction of sp³-hybridized carbons (Fsp3) is 0.373. The molecule has 332 valence electrons. The summed E-state index contributed by atoms with van der Waals surface area (Å²) < 4.78 is 11.3. The Balaban J connectivity index is 1.27. The monoisotopic (exact) mass is 857 g/mol. The van der Waals surface area contributed by atoms with Gasteiger partial charge in [0.25, 0.3) is 0 Å². The molecule has 2 aromatic heterocycles. The summed E-state index contributed by atoms with van der Waals surface area (Å²) in [6, 6.07) is 26.7. The molecule has 0 spiro atoms. The summed E-state index contributed by atoms with van der Waals surface area (Å²) in [7, 11) is 1.47. The summed E-state index contributed by atoms with van der Waals surface area (Å²) in [5, 5.41) is 71.5. The minimum absolute atomic E-state index is 0.00428. The highest BCUT2D eigenvalue weighted by Crippen LogP contribution is 2.54. The molecule has 8 N–H and O–H groups in total. The first-order valence-electron chi connectivity index (χ1n) is 21.9. The number of aromatic hydroxyl groups is 4. The Bertz CT molecular complexity index is 2490. The summed E-state index contributed by atoms with van der Waals surface area (Å²) in [5.41, 5.74) is 2.72. The number of ether oxygens (including phenoxy) is 2. The summed E-state index contributed by atoms with van der Waals surface area (Å²) in [6.45, 7) is 4.61. The molecule has 12 heteroatoms. The van der Waals surface area contributed by atoms with E-state index < -0.39 is 29.5 Å². The first-order valence-corrected chi connectivity index (χ1v) is 21.9. The van der Waals surface area contributed by atoms with Crippen molar-refractivity contribution in [2.45, 2.75) is 89.3 Å². The van der Waals surface area contributed by atoms with Crippen LogP contribution < -0.4 is 14.8 Å². The average molecular weight is 858 g/mol. The largest absolute Gasteiger partial charge is 0.508 e. The molecule has 0 aliphatic heterocycles. The number of fused-ring (bicyclic) bond motifs is 1. The number of H-pyrrole nitrogens is 1. The summed E-state index contributed by atoms with van der Waals surface area (Å²) >= 11 is 0. The van der Waals surface area contributed by atoms with Crippen molar-refractivity contribution in [3.63, 3.8) is 0 Å². The lowest BCUT2D eigenvalue weighted by molar-refractivity contribution is -0.132. The lowest BCUT2D eigenvalue weighted by Crippen LogP contribution is -2.51. The van der Waals surface area contributed by atoms with Crippen LogP contribution in [0.4, 0.5) is 11.5 Å². The Morgan fingerprint density at radius 2 is 1.68 bits per heavy atom. The Kier molecular flexibility index (Phi) is 14.1. The van der Waals surface area contributed by atoms with Gasteiger partial charge in [-0.05, 0) is 158 Å². The van der Waals surface area contributed by atoms with Gasteiger partial charge >= 0.3 is 0 Å². The number of pyridine rings is 1. The number of hydrogen-bond donors (Lipinski definition) is 8. The number of phenolic OH excluding ortho intramolecular Hbond substituents is 4. The molecule has 2 heterocycles. The third-order valence-electron chi connectivity index (χ3n) is 12.7. The first-order chi connectivity index (χ1) is 30.3. The molecule has 1 saturated carbocycles. The number of carbonyl (C=O) groups is 1. The number of aryl methyl sites for hydroxylation is 2. The van der Waals surface area contributed by atoms with Crippen molar-refractivity contribution >= 4 is 28.1 Å². The number of aromatic amines is 1. The fourth-order valence-electron chi connectivity index (χ4n) is 9.54. The van der Waals surface area contributed by atoms with Gasteiger partial charge in [-0.1, -0.05) is 32.0 Å². The Labute approximate surface area is 368 Å². The standard InChI is InChI=1S/C51H59N3O9/c1-31(2)6-5-23-63-47-26-33(24-45(60)50(47)61)10-17-44(59)49(43(58)16-9-32-8-15-42(57)46(25-32)62-3)51(20-18-41(56)40(51)30-37-7-4-21-52-37)36-19-22-53-48(29-36)54-38-13-11-35-28-39(55)14-12-34(35)27-38/h4,7-8,11-15,19,21-22,24-29,31,40-41,43,49,52,55-58,60-61H,5-6,9-10,16-18,20,23,30H2,1-3H3,(H,53,54). The maximum absolute atomic E-state index is 15.3. The molecule has 5 unspecified atom stereocenters. The zero-order chi connectivity index (χ0) is 44.7. The number of phenols is 4. The third-order valence-corrected chi connectivity index (χ3v) is 12.7. The molecule has 63 heavy (non-hydrogen) atoms. The van der Waals surface area contributed by atoms with E-state index in [2.05, 4.69) is 29.1 Å². The summed E-state index contributed by atoms with van der Waals surface area (Å²) in [6.07, 6.45) is 5.19. The second-order valence-corrected chi connectivity index (χ2v) is 17.4. The topological polar surface area (TPSA) is 198 Å². The Hall–Kier alpha value is -6.24. The van der Waals surface area contributed by atoms with Gasteiger partial charge < -0.3 is 50.4 Å². The van der Waals surface area contributed by atoms with Gasteiger partial charge in [0, 0.05) is 41.5 Å². The quantitative estimate of drug-likeness (QED) is 0.0269. The van der Waals surface area contributed by atoms with E-state index in [1.54, 1.807) is 42.6 Å². The van der Waals surface area contributed by atoms with Crippen LogP contribution in [0.25, 0.3) is 10.8 Å². The Morgan fingerprint density at radius 3 is 2.46 bits per heavy atom. The van der Waals surface area contributed by atoms with Crippen LogP contribution in [-0.2, 0) is 29.5 Å². The van der Waals surface area contributed by atoms with Gasteiger partial charge in [0.05, 0.1) is 31.8 Å². The zero-order valence-corrected chi connectivity index (χ0v) is 36.1. The smallest absolute Gasteiger partial charge is 0.200 e. The molecule has 1 aliphatic carbocycles. The fourth-order valence-corrected chi connectivity index (χ4v) is 9.54. The van der Waals surface area contributed by atoms with E-state index >= 15 is 4.79 Å². The molecule has 1 aliphatic rings. The average Bonchev–Trinajstić information content (AvgIpc) is 3.91. The highest BCUT2D eigenvalue weighted by Gasteiger charge is 2.57. The Morgan fingerprint density at radius 1 is 0.889 bits per heavy atom. The van der Waals surface area contributed by atoms with Crippen molar-refractivity contribution < 1.29 is 44.9 Å². The molecule has 5 atom stereocenters. The third kappa shape index (κ3) is 10.4. The number of aliphatic hydroxyl groups excluding tert-OH is 2. The maximum atomic E-state index is 15.3. The molecule has 0 saturated heterocycles. The number of benzene rings is 4. The van der Waals surface area contributed by atoms with Crippen LogP contribution in [-0.4, -0.2) is 72.3 Å². The molecule has 0 amide bonds. The molecule has 0 radical (unpaired) electrons. The van der Waals surface area contributed by atoms with Crippen molar-refractivity contribution in [3.8, 4) is 34.5 Å². The number of rotatable bonds is 20. The van der Waals surface area contributed by atoms with Crippen molar-refractivity contribution in [1.29, 1.82) is 0 Å². The van der Waals surface area contributed by atoms with E-state index in [1.165, 1.54) is 13.2 Å². The molecule has 1 fully saturated rings. The lowest BCUT2D eigenvalue weighted by atomic mass is 9.58. The van der Waals surface area contributed by atoms with E-state index in [9.17, 15) is 30.6 Å². The number of aromatic nitrogens is 2. The van der Waals surface area contributed by atoms with E-state index in [0.717, 1.165) is 46.1 Å².